The van der Waals surface area contributed by atoms with Gasteiger partial charge in [0.2, 0.25) is 11.8 Å². The fourth-order valence-corrected chi connectivity index (χ4v) is 4.69. The first-order valence-electron chi connectivity index (χ1n) is 11.5. The minimum Gasteiger partial charge on any atom is -0.468 e. The Morgan fingerprint density at radius 1 is 1.18 bits per heavy atom. The summed E-state index contributed by atoms with van der Waals surface area (Å²) in [5, 5.41) is 7.88. The summed E-state index contributed by atoms with van der Waals surface area (Å²) < 4.78 is 28.5. The monoisotopic (exact) mass is 463 g/mol. The van der Waals surface area contributed by atoms with Crippen molar-refractivity contribution in [3.63, 3.8) is 0 Å². The molecule has 9 nitrogen and oxygen atoms in total. The van der Waals surface area contributed by atoms with E-state index in [4.69, 9.17) is 14.5 Å². The Morgan fingerprint density at radius 2 is 2.00 bits per heavy atom. The maximum Gasteiger partial charge on any atom is 0.244 e. The molecule has 10 heteroatoms. The number of benzene rings is 1. The highest BCUT2D eigenvalue weighted by Crippen LogP contribution is 2.34. The molecule has 3 aromatic heterocycles. The van der Waals surface area contributed by atoms with Gasteiger partial charge in [-0.2, -0.15) is 4.98 Å². The third-order valence-corrected chi connectivity index (χ3v) is 6.55. The molecule has 2 aliphatic rings. The SMILES string of the molecule is CN1CCC(Nc2nc(OC3COC3)c3c(-c4ccc5nccnc5c4)ccn3n2)C(C)(F)C1. The van der Waals surface area contributed by atoms with E-state index in [0.29, 0.717) is 38.0 Å². The lowest BCUT2D eigenvalue weighted by molar-refractivity contribution is -0.0808. The molecule has 176 valence electrons. The van der Waals surface area contributed by atoms with Crippen LogP contribution in [0, 0.1) is 0 Å². The summed E-state index contributed by atoms with van der Waals surface area (Å²) >= 11 is 0. The van der Waals surface area contributed by atoms with Gasteiger partial charge in [0.1, 0.15) is 17.3 Å². The van der Waals surface area contributed by atoms with Gasteiger partial charge in [0.15, 0.2) is 0 Å². The average Bonchev–Trinajstić information content (AvgIpc) is 3.21. The molecule has 1 N–H and O–H groups in total. The lowest BCUT2D eigenvalue weighted by atomic mass is 9.91. The van der Waals surface area contributed by atoms with Crippen LogP contribution in [0.4, 0.5) is 10.3 Å². The fraction of sp³-hybridized carbons (Fsp3) is 0.417. The molecule has 2 atom stereocenters. The summed E-state index contributed by atoms with van der Waals surface area (Å²) in [6.45, 7) is 3.81. The van der Waals surface area contributed by atoms with Crippen molar-refractivity contribution in [1.82, 2.24) is 29.5 Å². The van der Waals surface area contributed by atoms with Crippen molar-refractivity contribution in [3.05, 3.63) is 42.9 Å². The minimum atomic E-state index is -1.40. The first kappa shape index (κ1) is 21.2. The Balaban J connectivity index is 1.41. The van der Waals surface area contributed by atoms with Crippen molar-refractivity contribution >= 4 is 22.5 Å². The van der Waals surface area contributed by atoms with Crippen LogP contribution in [-0.4, -0.2) is 80.6 Å². The summed E-state index contributed by atoms with van der Waals surface area (Å²) in [6.07, 6.45) is 5.81. The van der Waals surface area contributed by atoms with Crippen molar-refractivity contribution in [2.45, 2.75) is 31.2 Å². The number of hydrogen-bond donors (Lipinski definition) is 1. The molecule has 0 spiro atoms. The molecule has 0 bridgehead atoms. The maximum absolute atomic E-state index is 15.3. The van der Waals surface area contributed by atoms with Crippen LogP contribution in [0.5, 0.6) is 5.88 Å². The number of piperidine rings is 1. The van der Waals surface area contributed by atoms with Gasteiger partial charge in [-0.3, -0.25) is 9.97 Å². The molecular weight excluding hydrogens is 437 g/mol. The zero-order valence-corrected chi connectivity index (χ0v) is 19.1. The highest BCUT2D eigenvalue weighted by atomic mass is 19.1. The van der Waals surface area contributed by atoms with E-state index >= 15 is 4.39 Å². The van der Waals surface area contributed by atoms with Gasteiger partial charge in [-0.1, -0.05) is 6.07 Å². The largest absolute Gasteiger partial charge is 0.468 e. The number of nitrogens with one attached hydrogen (secondary N) is 1. The quantitative estimate of drug-likeness (QED) is 0.483. The van der Waals surface area contributed by atoms with Gasteiger partial charge < -0.3 is 19.7 Å². The zero-order valence-electron chi connectivity index (χ0n) is 19.1. The fourth-order valence-electron chi connectivity index (χ4n) is 4.69. The smallest absolute Gasteiger partial charge is 0.244 e. The highest BCUT2D eigenvalue weighted by Gasteiger charge is 2.39. The molecule has 2 saturated heterocycles. The Morgan fingerprint density at radius 3 is 2.76 bits per heavy atom. The minimum absolute atomic E-state index is 0.0773. The lowest BCUT2D eigenvalue weighted by Gasteiger charge is -2.39. The van der Waals surface area contributed by atoms with E-state index in [2.05, 4.69) is 20.4 Å². The van der Waals surface area contributed by atoms with Gasteiger partial charge in [-0.15, -0.1) is 5.10 Å². The van der Waals surface area contributed by atoms with Gasteiger partial charge in [-0.05, 0) is 44.2 Å². The van der Waals surface area contributed by atoms with E-state index in [1.807, 2.05) is 42.4 Å². The van der Waals surface area contributed by atoms with Crippen LogP contribution in [0.3, 0.4) is 0 Å². The van der Waals surface area contributed by atoms with Crippen LogP contribution >= 0.6 is 0 Å². The highest BCUT2D eigenvalue weighted by molar-refractivity contribution is 5.89. The van der Waals surface area contributed by atoms with Crippen LogP contribution in [0.25, 0.3) is 27.7 Å². The third kappa shape index (κ3) is 3.82. The summed E-state index contributed by atoms with van der Waals surface area (Å²) in [5.41, 5.74) is 2.85. The normalized spacial score (nSPS) is 23.8. The average molecular weight is 464 g/mol. The van der Waals surface area contributed by atoms with Crippen LogP contribution in [-0.2, 0) is 4.74 Å². The van der Waals surface area contributed by atoms with E-state index < -0.39 is 11.7 Å². The molecule has 6 rings (SSSR count). The molecule has 1 aromatic carbocycles. The zero-order chi connectivity index (χ0) is 23.3. The second-order valence-electron chi connectivity index (χ2n) is 9.30. The molecule has 0 amide bonds. The number of rotatable bonds is 5. The molecule has 2 unspecified atom stereocenters. The number of likely N-dealkylation sites (tertiary alicyclic amines) is 1. The number of alkyl halides is 1. The summed E-state index contributed by atoms with van der Waals surface area (Å²) in [7, 11) is 1.93. The Hall–Kier alpha value is -3.37. The first-order valence-corrected chi connectivity index (χ1v) is 11.5. The van der Waals surface area contributed by atoms with Crippen LogP contribution in [0.15, 0.2) is 42.9 Å². The van der Waals surface area contributed by atoms with Gasteiger partial charge in [0.05, 0.1) is 30.3 Å². The summed E-state index contributed by atoms with van der Waals surface area (Å²) in [6, 6.07) is 7.52. The Bertz CT molecular complexity index is 1350. The third-order valence-electron chi connectivity index (χ3n) is 6.55. The lowest BCUT2D eigenvalue weighted by Crippen LogP contribution is -2.54. The topological polar surface area (TPSA) is 89.7 Å². The Kier molecular flexibility index (Phi) is 5.07. The van der Waals surface area contributed by atoms with Gasteiger partial charge in [0, 0.05) is 37.2 Å². The molecule has 2 aliphatic heterocycles. The molecule has 34 heavy (non-hydrogen) atoms. The van der Waals surface area contributed by atoms with Crippen molar-refractivity contribution in [1.29, 1.82) is 0 Å². The van der Waals surface area contributed by atoms with Crippen LogP contribution < -0.4 is 10.1 Å². The molecule has 2 fully saturated rings. The molecule has 0 aliphatic carbocycles. The predicted octanol–water partition coefficient (Wildman–Crippen LogP) is 2.96. The van der Waals surface area contributed by atoms with E-state index in [-0.39, 0.29) is 6.10 Å². The van der Waals surface area contributed by atoms with Crippen molar-refractivity contribution < 1.29 is 13.9 Å². The maximum atomic E-state index is 15.3. The number of fused-ring (bicyclic) bond motifs is 2. The predicted molar refractivity (Wildman–Crippen MR) is 126 cm³/mol. The van der Waals surface area contributed by atoms with E-state index in [1.165, 1.54) is 0 Å². The number of nitrogens with zero attached hydrogens (tertiary/aromatic N) is 6. The number of anilines is 1. The number of aromatic nitrogens is 5. The van der Waals surface area contributed by atoms with Gasteiger partial charge in [0.25, 0.3) is 0 Å². The molecule has 4 aromatic rings. The van der Waals surface area contributed by atoms with Crippen molar-refractivity contribution in [2.75, 3.05) is 38.7 Å². The Labute approximate surface area is 195 Å². The van der Waals surface area contributed by atoms with Gasteiger partial charge >= 0.3 is 0 Å². The van der Waals surface area contributed by atoms with Crippen LogP contribution in [0.2, 0.25) is 0 Å². The first-order chi connectivity index (χ1) is 16.5. The number of hydrogen-bond acceptors (Lipinski definition) is 8. The van der Waals surface area contributed by atoms with E-state index in [9.17, 15) is 0 Å². The molecule has 0 radical (unpaired) electrons. The second-order valence-corrected chi connectivity index (χ2v) is 9.30. The summed E-state index contributed by atoms with van der Waals surface area (Å²) in [5.74, 6) is 0.784. The standard InChI is InChI=1S/C24H26FN7O2/c1-24(25)14-31(2)9-6-20(24)28-23-29-22(34-16-12-33-13-16)21-17(5-10-32(21)30-23)15-3-4-18-19(11-15)27-8-7-26-18/h3-5,7-8,10-11,16,20H,6,9,12-14H2,1-2H3,(H,28,30). The van der Waals surface area contributed by atoms with E-state index in [1.54, 1.807) is 23.8 Å². The summed E-state index contributed by atoms with van der Waals surface area (Å²) in [4.78, 5) is 15.5. The number of ether oxygens (including phenoxy) is 2. The van der Waals surface area contributed by atoms with Crippen LogP contribution in [0.1, 0.15) is 13.3 Å². The second kappa shape index (κ2) is 8.14. The molecule has 0 saturated carbocycles. The van der Waals surface area contributed by atoms with Crippen molar-refractivity contribution in [3.8, 4) is 17.0 Å². The van der Waals surface area contributed by atoms with Crippen molar-refractivity contribution in [2.24, 2.45) is 0 Å². The van der Waals surface area contributed by atoms with E-state index in [0.717, 1.165) is 34.2 Å². The molecular formula is C24H26FN7O2. The molecule has 5 heterocycles. The van der Waals surface area contributed by atoms with Gasteiger partial charge in [-0.25, -0.2) is 8.91 Å². The number of halogens is 1.